The molecular formula is C26H26ClN3O. The van der Waals surface area contributed by atoms with Gasteiger partial charge in [-0.05, 0) is 60.7 Å². The van der Waals surface area contributed by atoms with Crippen LogP contribution in [0.5, 0.6) is 0 Å². The fourth-order valence-electron chi connectivity index (χ4n) is 4.85. The lowest BCUT2D eigenvalue weighted by molar-refractivity contribution is -0.111. The van der Waals surface area contributed by atoms with Crippen LogP contribution >= 0.6 is 11.6 Å². The third-order valence-electron chi connectivity index (χ3n) is 6.41. The van der Waals surface area contributed by atoms with E-state index in [0.717, 1.165) is 29.4 Å². The predicted molar refractivity (Wildman–Crippen MR) is 129 cm³/mol. The van der Waals surface area contributed by atoms with Crippen LogP contribution < -0.4 is 10.2 Å². The predicted octanol–water partition coefficient (Wildman–Crippen LogP) is 6.24. The van der Waals surface area contributed by atoms with E-state index in [1.807, 2.05) is 36.4 Å². The van der Waals surface area contributed by atoms with E-state index in [1.54, 1.807) is 6.08 Å². The Bertz CT molecular complexity index is 1150. The molecule has 158 valence electrons. The molecular weight excluding hydrogens is 406 g/mol. The van der Waals surface area contributed by atoms with Gasteiger partial charge < -0.3 is 10.2 Å². The van der Waals surface area contributed by atoms with Gasteiger partial charge in [0.1, 0.15) is 0 Å². The second-order valence-corrected chi connectivity index (χ2v) is 8.82. The van der Waals surface area contributed by atoms with Crippen LogP contribution in [0.25, 0.3) is 17.0 Å². The third-order valence-corrected chi connectivity index (χ3v) is 6.70. The second kappa shape index (κ2) is 8.72. The maximum absolute atomic E-state index is 12.5. The van der Waals surface area contributed by atoms with Crippen LogP contribution in [0.2, 0.25) is 5.15 Å². The highest BCUT2D eigenvalue weighted by Crippen LogP contribution is 2.35. The molecule has 4 nitrogen and oxygen atoms in total. The zero-order valence-corrected chi connectivity index (χ0v) is 18.2. The first-order valence-corrected chi connectivity index (χ1v) is 11.5. The minimum atomic E-state index is -0.219. The third kappa shape index (κ3) is 4.31. The summed E-state index contributed by atoms with van der Waals surface area (Å²) in [5, 5.41) is 4.08. The highest BCUT2D eigenvalue weighted by atomic mass is 35.5. The second-order valence-electron chi connectivity index (χ2n) is 8.47. The van der Waals surface area contributed by atoms with Gasteiger partial charge in [0.2, 0.25) is 5.91 Å². The van der Waals surface area contributed by atoms with Crippen molar-refractivity contribution in [3.63, 3.8) is 0 Å². The van der Waals surface area contributed by atoms with Crippen molar-refractivity contribution in [1.82, 2.24) is 4.98 Å². The Morgan fingerprint density at radius 2 is 1.94 bits per heavy atom. The number of carbonyl (C=O) groups excluding carboxylic acids is 1. The van der Waals surface area contributed by atoms with Crippen LogP contribution in [0.15, 0.2) is 54.6 Å². The first-order chi connectivity index (χ1) is 15.2. The van der Waals surface area contributed by atoms with E-state index in [-0.39, 0.29) is 5.91 Å². The number of nitrogens with one attached hydrogen (secondary N) is 1. The minimum Gasteiger partial charge on any atom is -0.368 e. The van der Waals surface area contributed by atoms with Gasteiger partial charge in [-0.25, -0.2) is 4.98 Å². The van der Waals surface area contributed by atoms with Crippen LogP contribution in [0.4, 0.5) is 11.4 Å². The van der Waals surface area contributed by atoms with Crippen molar-refractivity contribution in [3.8, 4) is 0 Å². The molecule has 1 aromatic heterocycles. The van der Waals surface area contributed by atoms with Gasteiger partial charge in [-0.3, -0.25) is 4.79 Å². The standard InChI is InChI=1S/C26H26ClN3O/c27-26-23(17-19-6-4-5-9-22(19)29-26)28-25(31)13-11-18-10-12-24-20(16-18)14-15-30(24)21-7-2-1-3-8-21/h4-6,9-13,16-17,21H,1-3,7-8,14-15H2,(H,28,31)/b13-11+. The van der Waals surface area contributed by atoms with E-state index >= 15 is 0 Å². The molecule has 0 saturated heterocycles. The number of halogens is 1. The average Bonchev–Trinajstić information content (AvgIpc) is 3.22. The Kier molecular flexibility index (Phi) is 5.65. The smallest absolute Gasteiger partial charge is 0.248 e. The molecule has 5 heteroatoms. The number of aromatic nitrogens is 1. The Labute approximate surface area is 187 Å². The maximum atomic E-state index is 12.5. The molecule has 1 fully saturated rings. The number of hydrogen-bond acceptors (Lipinski definition) is 3. The molecule has 31 heavy (non-hydrogen) atoms. The van der Waals surface area contributed by atoms with Crippen molar-refractivity contribution >= 4 is 45.9 Å². The van der Waals surface area contributed by atoms with Crippen molar-refractivity contribution < 1.29 is 4.79 Å². The van der Waals surface area contributed by atoms with Crippen LogP contribution in [0.1, 0.15) is 43.2 Å². The van der Waals surface area contributed by atoms with Crippen molar-refractivity contribution in [3.05, 3.63) is 70.9 Å². The summed E-state index contributed by atoms with van der Waals surface area (Å²) in [4.78, 5) is 19.4. The zero-order chi connectivity index (χ0) is 21.2. The van der Waals surface area contributed by atoms with Gasteiger partial charge in [0.05, 0.1) is 11.2 Å². The Morgan fingerprint density at radius 3 is 2.81 bits per heavy atom. The Hall–Kier alpha value is -2.85. The fraction of sp³-hybridized carbons (Fsp3) is 0.308. The van der Waals surface area contributed by atoms with Gasteiger partial charge in [0.15, 0.2) is 5.15 Å². The van der Waals surface area contributed by atoms with Crippen LogP contribution in [0, 0.1) is 0 Å². The molecule has 0 bridgehead atoms. The number of para-hydroxylation sites is 1. The normalized spacial score (nSPS) is 16.7. The van der Waals surface area contributed by atoms with Crippen LogP contribution in [-0.2, 0) is 11.2 Å². The number of benzene rings is 2. The van der Waals surface area contributed by atoms with Gasteiger partial charge in [-0.2, -0.15) is 0 Å². The molecule has 3 aromatic rings. The van der Waals surface area contributed by atoms with E-state index in [9.17, 15) is 4.79 Å². The van der Waals surface area contributed by atoms with Crippen molar-refractivity contribution in [2.75, 3.05) is 16.8 Å². The van der Waals surface area contributed by atoms with E-state index < -0.39 is 0 Å². The summed E-state index contributed by atoms with van der Waals surface area (Å²) in [6, 6.07) is 16.8. The highest BCUT2D eigenvalue weighted by Gasteiger charge is 2.27. The summed E-state index contributed by atoms with van der Waals surface area (Å²) in [6.45, 7) is 1.11. The maximum Gasteiger partial charge on any atom is 0.248 e. The number of anilines is 2. The SMILES string of the molecule is O=C(/C=C/c1ccc2c(c1)CCN2C1CCCCC1)Nc1cc2ccccc2nc1Cl. The lowest BCUT2D eigenvalue weighted by Crippen LogP contribution is -2.35. The Morgan fingerprint density at radius 1 is 1.10 bits per heavy atom. The van der Waals surface area contributed by atoms with Crippen molar-refractivity contribution in [2.24, 2.45) is 0 Å². The lowest BCUT2D eigenvalue weighted by atomic mass is 9.94. The molecule has 2 heterocycles. The van der Waals surface area contributed by atoms with Gasteiger partial charge in [0, 0.05) is 29.7 Å². The molecule has 1 aliphatic carbocycles. The lowest BCUT2D eigenvalue weighted by Gasteiger charge is -2.33. The first kappa shape index (κ1) is 20.1. The molecule has 0 radical (unpaired) electrons. The first-order valence-electron chi connectivity index (χ1n) is 11.1. The Balaban J connectivity index is 1.28. The molecule has 0 unspecified atom stereocenters. The largest absolute Gasteiger partial charge is 0.368 e. The monoisotopic (exact) mass is 431 g/mol. The summed E-state index contributed by atoms with van der Waals surface area (Å²) in [7, 11) is 0. The van der Waals surface area contributed by atoms with Crippen molar-refractivity contribution in [2.45, 2.75) is 44.6 Å². The molecule has 0 atom stereocenters. The van der Waals surface area contributed by atoms with Gasteiger partial charge in [-0.15, -0.1) is 0 Å². The van der Waals surface area contributed by atoms with E-state index in [4.69, 9.17) is 11.6 Å². The quantitative estimate of drug-likeness (QED) is 0.393. The van der Waals surface area contributed by atoms with Gasteiger partial charge in [-0.1, -0.05) is 55.1 Å². The number of pyridine rings is 1. The fourth-order valence-corrected chi connectivity index (χ4v) is 5.04. The van der Waals surface area contributed by atoms with Crippen LogP contribution in [-0.4, -0.2) is 23.5 Å². The summed E-state index contributed by atoms with van der Waals surface area (Å²) in [6.07, 6.45) is 11.2. The van der Waals surface area contributed by atoms with Crippen molar-refractivity contribution in [1.29, 1.82) is 0 Å². The molecule has 5 rings (SSSR count). The highest BCUT2D eigenvalue weighted by molar-refractivity contribution is 6.33. The van der Waals surface area contributed by atoms with E-state index in [2.05, 4.69) is 33.4 Å². The molecule has 0 spiro atoms. The molecule has 1 N–H and O–H groups in total. The summed E-state index contributed by atoms with van der Waals surface area (Å²) >= 11 is 6.25. The number of fused-ring (bicyclic) bond motifs is 2. The molecule has 2 aromatic carbocycles. The van der Waals surface area contributed by atoms with E-state index in [1.165, 1.54) is 43.4 Å². The molecule has 1 amide bonds. The number of amides is 1. The average molecular weight is 432 g/mol. The molecule has 1 aliphatic heterocycles. The number of rotatable bonds is 4. The summed E-state index contributed by atoms with van der Waals surface area (Å²) in [5.41, 5.74) is 5.13. The van der Waals surface area contributed by atoms with Gasteiger partial charge >= 0.3 is 0 Å². The summed E-state index contributed by atoms with van der Waals surface area (Å²) < 4.78 is 0. The molecule has 1 saturated carbocycles. The van der Waals surface area contributed by atoms with Crippen LogP contribution in [0.3, 0.4) is 0 Å². The number of nitrogens with zero attached hydrogens (tertiary/aromatic N) is 2. The molecule has 2 aliphatic rings. The minimum absolute atomic E-state index is 0.219. The number of carbonyl (C=O) groups is 1. The number of hydrogen-bond donors (Lipinski definition) is 1. The zero-order valence-electron chi connectivity index (χ0n) is 17.5. The van der Waals surface area contributed by atoms with Gasteiger partial charge in [0.25, 0.3) is 0 Å². The topological polar surface area (TPSA) is 45.2 Å². The van der Waals surface area contributed by atoms with E-state index in [0.29, 0.717) is 16.9 Å². The summed E-state index contributed by atoms with van der Waals surface area (Å²) in [5.74, 6) is -0.219.